The monoisotopic (exact) mass is 292 g/mol. The van der Waals surface area contributed by atoms with Crippen molar-refractivity contribution >= 4 is 11.6 Å². The second-order valence-electron chi connectivity index (χ2n) is 7.34. The molecule has 1 amide bonds. The molecule has 0 unspecified atom stereocenters. The predicted octanol–water partition coefficient (Wildman–Crippen LogP) is 3.37. The summed E-state index contributed by atoms with van der Waals surface area (Å²) < 4.78 is 5.53. The number of hydrogen-bond acceptors (Lipinski definition) is 3. The summed E-state index contributed by atoms with van der Waals surface area (Å²) >= 11 is 0. The molecule has 0 fully saturated rings. The maximum absolute atomic E-state index is 12.0. The maximum atomic E-state index is 12.0. The van der Waals surface area contributed by atoms with Crippen LogP contribution in [0.4, 0.5) is 5.69 Å². The molecule has 0 heterocycles. The lowest BCUT2D eigenvalue weighted by Crippen LogP contribution is -2.46. The highest BCUT2D eigenvalue weighted by Gasteiger charge is 2.26. The molecule has 0 aromatic heterocycles. The van der Waals surface area contributed by atoms with Crippen LogP contribution < -0.4 is 15.8 Å². The summed E-state index contributed by atoms with van der Waals surface area (Å²) in [6.45, 7) is 11.0. The van der Waals surface area contributed by atoms with Crippen molar-refractivity contribution in [3.8, 4) is 5.75 Å². The normalized spacial score (nSPS) is 12.0. The van der Waals surface area contributed by atoms with Gasteiger partial charge in [0.15, 0.2) is 0 Å². The Hall–Kier alpha value is -1.71. The molecular formula is C17H28N2O2. The smallest absolute Gasteiger partial charge is 0.223 e. The molecule has 1 aromatic carbocycles. The molecule has 21 heavy (non-hydrogen) atoms. The first-order chi connectivity index (χ1) is 9.57. The van der Waals surface area contributed by atoms with E-state index in [0.717, 1.165) is 6.42 Å². The number of nitrogens with one attached hydrogen (secondary N) is 1. The SMILES string of the molecule is CC(C)(C)CC(C)(C)NC(=O)CCOc1cccc(N)c1. The molecular weight excluding hydrogens is 264 g/mol. The third-order valence-electron chi connectivity index (χ3n) is 2.91. The van der Waals surface area contributed by atoms with Crippen molar-refractivity contribution in [2.45, 2.75) is 53.0 Å². The standard InChI is InChI=1S/C17H28N2O2/c1-16(2,3)12-17(4,5)19-15(20)9-10-21-14-8-6-7-13(18)11-14/h6-8,11H,9-10,12,18H2,1-5H3,(H,19,20). The number of carbonyl (C=O) groups is 1. The Morgan fingerprint density at radius 2 is 1.90 bits per heavy atom. The highest BCUT2D eigenvalue weighted by atomic mass is 16.5. The Kier molecular flexibility index (Phi) is 5.64. The Balaban J connectivity index is 2.37. The van der Waals surface area contributed by atoms with Crippen molar-refractivity contribution in [1.29, 1.82) is 0 Å². The van der Waals surface area contributed by atoms with Gasteiger partial charge in [-0.1, -0.05) is 26.8 Å². The molecule has 4 nitrogen and oxygen atoms in total. The summed E-state index contributed by atoms with van der Waals surface area (Å²) in [7, 11) is 0. The largest absolute Gasteiger partial charge is 0.493 e. The fourth-order valence-electron chi connectivity index (χ4n) is 2.68. The molecule has 0 aliphatic carbocycles. The van der Waals surface area contributed by atoms with Crippen molar-refractivity contribution in [2.24, 2.45) is 5.41 Å². The van der Waals surface area contributed by atoms with Crippen LogP contribution >= 0.6 is 0 Å². The van der Waals surface area contributed by atoms with E-state index in [1.807, 2.05) is 12.1 Å². The minimum absolute atomic E-state index is 0.00755. The van der Waals surface area contributed by atoms with E-state index in [1.54, 1.807) is 12.1 Å². The van der Waals surface area contributed by atoms with Gasteiger partial charge in [0, 0.05) is 17.3 Å². The van der Waals surface area contributed by atoms with Gasteiger partial charge in [0.1, 0.15) is 5.75 Å². The average Bonchev–Trinajstić information content (AvgIpc) is 2.24. The van der Waals surface area contributed by atoms with E-state index in [1.165, 1.54) is 0 Å². The van der Waals surface area contributed by atoms with E-state index in [9.17, 15) is 4.79 Å². The van der Waals surface area contributed by atoms with Crippen LogP contribution in [0, 0.1) is 5.41 Å². The quantitative estimate of drug-likeness (QED) is 0.790. The molecule has 0 bridgehead atoms. The van der Waals surface area contributed by atoms with Crippen LogP contribution in [-0.2, 0) is 4.79 Å². The van der Waals surface area contributed by atoms with Crippen molar-refractivity contribution in [3.63, 3.8) is 0 Å². The number of carbonyl (C=O) groups excluding carboxylic acids is 1. The number of amides is 1. The molecule has 1 aromatic rings. The minimum Gasteiger partial charge on any atom is -0.493 e. The van der Waals surface area contributed by atoms with Gasteiger partial charge in [0.05, 0.1) is 13.0 Å². The Bertz CT molecular complexity index is 476. The van der Waals surface area contributed by atoms with Gasteiger partial charge < -0.3 is 15.8 Å². The molecule has 0 radical (unpaired) electrons. The van der Waals surface area contributed by atoms with E-state index < -0.39 is 0 Å². The van der Waals surface area contributed by atoms with Crippen molar-refractivity contribution < 1.29 is 9.53 Å². The molecule has 1 rings (SSSR count). The van der Waals surface area contributed by atoms with Gasteiger partial charge in [0.2, 0.25) is 5.91 Å². The summed E-state index contributed by atoms with van der Waals surface area (Å²) in [6, 6.07) is 7.21. The Morgan fingerprint density at radius 1 is 1.24 bits per heavy atom. The van der Waals surface area contributed by atoms with Crippen molar-refractivity contribution in [1.82, 2.24) is 5.32 Å². The van der Waals surface area contributed by atoms with Gasteiger partial charge in [-0.05, 0) is 37.8 Å². The summed E-state index contributed by atoms with van der Waals surface area (Å²) in [5, 5.41) is 3.07. The highest BCUT2D eigenvalue weighted by Crippen LogP contribution is 2.26. The molecule has 0 spiro atoms. The second kappa shape index (κ2) is 6.83. The van der Waals surface area contributed by atoms with Crippen molar-refractivity contribution in [2.75, 3.05) is 12.3 Å². The molecule has 0 aliphatic heterocycles. The summed E-state index contributed by atoms with van der Waals surface area (Å²) in [4.78, 5) is 12.0. The summed E-state index contributed by atoms with van der Waals surface area (Å²) in [5.41, 5.74) is 6.29. The first kappa shape index (κ1) is 17.3. The van der Waals surface area contributed by atoms with E-state index in [4.69, 9.17) is 10.5 Å². The molecule has 0 saturated carbocycles. The lowest BCUT2D eigenvalue weighted by molar-refractivity contribution is -0.123. The zero-order valence-electron chi connectivity index (χ0n) is 13.8. The fourth-order valence-corrected chi connectivity index (χ4v) is 2.68. The third-order valence-corrected chi connectivity index (χ3v) is 2.91. The van der Waals surface area contributed by atoms with Gasteiger partial charge >= 0.3 is 0 Å². The fraction of sp³-hybridized carbons (Fsp3) is 0.588. The van der Waals surface area contributed by atoms with Gasteiger partial charge in [-0.3, -0.25) is 4.79 Å². The topological polar surface area (TPSA) is 64.3 Å². The van der Waals surface area contributed by atoms with Crippen LogP contribution in [-0.4, -0.2) is 18.1 Å². The van der Waals surface area contributed by atoms with Gasteiger partial charge in [-0.2, -0.15) is 0 Å². The average molecular weight is 292 g/mol. The zero-order valence-corrected chi connectivity index (χ0v) is 13.8. The Labute approximate surface area is 128 Å². The summed E-state index contributed by atoms with van der Waals surface area (Å²) in [5.74, 6) is 0.699. The van der Waals surface area contributed by atoms with E-state index in [-0.39, 0.29) is 16.9 Å². The number of anilines is 1. The summed E-state index contributed by atoms with van der Waals surface area (Å²) in [6.07, 6.45) is 1.25. The lowest BCUT2D eigenvalue weighted by Gasteiger charge is -2.33. The lowest BCUT2D eigenvalue weighted by atomic mass is 9.82. The molecule has 0 saturated heterocycles. The number of benzene rings is 1. The Morgan fingerprint density at radius 3 is 2.48 bits per heavy atom. The first-order valence-corrected chi connectivity index (χ1v) is 7.37. The molecule has 0 atom stereocenters. The van der Waals surface area contributed by atoms with Crippen LogP contribution in [0.3, 0.4) is 0 Å². The molecule has 4 heteroatoms. The van der Waals surface area contributed by atoms with Crippen molar-refractivity contribution in [3.05, 3.63) is 24.3 Å². The number of hydrogen-bond donors (Lipinski definition) is 2. The van der Waals surface area contributed by atoms with Gasteiger partial charge in [-0.25, -0.2) is 0 Å². The van der Waals surface area contributed by atoms with Crippen LogP contribution in [0.1, 0.15) is 47.5 Å². The van der Waals surface area contributed by atoms with Crippen LogP contribution in [0.5, 0.6) is 5.75 Å². The van der Waals surface area contributed by atoms with E-state index >= 15 is 0 Å². The molecule has 118 valence electrons. The van der Waals surface area contributed by atoms with Gasteiger partial charge in [-0.15, -0.1) is 0 Å². The van der Waals surface area contributed by atoms with Gasteiger partial charge in [0.25, 0.3) is 0 Å². The van der Waals surface area contributed by atoms with E-state index in [2.05, 4.69) is 39.9 Å². The molecule has 3 N–H and O–H groups in total. The zero-order chi connectivity index (χ0) is 16.1. The van der Waals surface area contributed by atoms with Crippen LogP contribution in [0.2, 0.25) is 0 Å². The van der Waals surface area contributed by atoms with Crippen LogP contribution in [0.25, 0.3) is 0 Å². The van der Waals surface area contributed by atoms with Crippen LogP contribution in [0.15, 0.2) is 24.3 Å². The number of ether oxygens (including phenoxy) is 1. The predicted molar refractivity (Wildman–Crippen MR) is 87.3 cm³/mol. The number of nitrogen functional groups attached to an aromatic ring is 1. The third kappa shape index (κ3) is 7.59. The number of rotatable bonds is 6. The number of nitrogens with two attached hydrogens (primary N) is 1. The minimum atomic E-state index is -0.216. The second-order valence-corrected chi connectivity index (χ2v) is 7.34. The molecule has 0 aliphatic rings. The first-order valence-electron chi connectivity index (χ1n) is 7.37. The van der Waals surface area contributed by atoms with E-state index in [0.29, 0.717) is 24.5 Å². The maximum Gasteiger partial charge on any atom is 0.223 e. The highest BCUT2D eigenvalue weighted by molar-refractivity contribution is 5.76.